The number of rotatable bonds is 2. The van der Waals surface area contributed by atoms with E-state index in [0.29, 0.717) is 5.15 Å². The lowest BCUT2D eigenvalue weighted by Gasteiger charge is -2.38. The van der Waals surface area contributed by atoms with Gasteiger partial charge < -0.3 is 4.90 Å². The maximum atomic E-state index is 5.76. The summed E-state index contributed by atoms with van der Waals surface area (Å²) in [6.45, 7) is 4.39. The molecule has 1 aromatic heterocycles. The molecule has 0 aromatic carbocycles. The summed E-state index contributed by atoms with van der Waals surface area (Å²) >= 11 is 5.76. The van der Waals surface area contributed by atoms with Gasteiger partial charge in [0, 0.05) is 32.2 Å². The number of halogens is 1. The maximum Gasteiger partial charge on any atom is 0.151 e. The number of hydrogen-bond donors (Lipinski definition) is 0. The third kappa shape index (κ3) is 2.59. The van der Waals surface area contributed by atoms with Crippen molar-refractivity contribution in [1.29, 1.82) is 0 Å². The summed E-state index contributed by atoms with van der Waals surface area (Å²) in [5.41, 5.74) is 0. The summed E-state index contributed by atoms with van der Waals surface area (Å²) in [4.78, 5) is 4.95. The van der Waals surface area contributed by atoms with Crippen molar-refractivity contribution in [3.05, 3.63) is 17.3 Å². The first-order valence-corrected chi connectivity index (χ1v) is 7.19. The molecule has 0 spiro atoms. The SMILES string of the molecule is Clc1ccc(N2CCN(C3CCCC3)CC2)nn1. The molecular formula is C13H19ClN4. The largest absolute Gasteiger partial charge is 0.353 e. The molecule has 0 bridgehead atoms. The molecule has 4 nitrogen and oxygen atoms in total. The van der Waals surface area contributed by atoms with Gasteiger partial charge in [0.15, 0.2) is 11.0 Å². The molecule has 1 aromatic rings. The molecule has 3 rings (SSSR count). The van der Waals surface area contributed by atoms with E-state index in [1.807, 2.05) is 12.1 Å². The summed E-state index contributed by atoms with van der Waals surface area (Å²) in [5.74, 6) is 0.950. The summed E-state index contributed by atoms with van der Waals surface area (Å²) in [7, 11) is 0. The van der Waals surface area contributed by atoms with Crippen LogP contribution in [0.2, 0.25) is 5.15 Å². The number of nitrogens with zero attached hydrogens (tertiary/aromatic N) is 4. The molecule has 0 atom stereocenters. The second-order valence-electron chi connectivity index (χ2n) is 5.18. The highest BCUT2D eigenvalue weighted by Crippen LogP contribution is 2.25. The molecule has 0 N–H and O–H groups in total. The molecule has 2 aliphatic rings. The van der Waals surface area contributed by atoms with E-state index in [-0.39, 0.29) is 0 Å². The van der Waals surface area contributed by atoms with Crippen molar-refractivity contribution < 1.29 is 0 Å². The predicted molar refractivity (Wildman–Crippen MR) is 73.1 cm³/mol. The lowest BCUT2D eigenvalue weighted by molar-refractivity contribution is 0.187. The van der Waals surface area contributed by atoms with Crippen molar-refractivity contribution in [2.75, 3.05) is 31.1 Å². The van der Waals surface area contributed by atoms with Crippen molar-refractivity contribution in [2.45, 2.75) is 31.7 Å². The third-order valence-corrected chi connectivity index (χ3v) is 4.30. The molecule has 0 amide bonds. The van der Waals surface area contributed by atoms with Gasteiger partial charge in [-0.05, 0) is 25.0 Å². The van der Waals surface area contributed by atoms with E-state index in [0.717, 1.165) is 38.0 Å². The number of hydrogen-bond acceptors (Lipinski definition) is 4. The molecule has 1 saturated heterocycles. The fraction of sp³-hybridized carbons (Fsp3) is 0.692. The Morgan fingerprint density at radius 2 is 1.72 bits per heavy atom. The molecule has 1 aliphatic carbocycles. The minimum Gasteiger partial charge on any atom is -0.353 e. The van der Waals surface area contributed by atoms with Crippen molar-refractivity contribution in [1.82, 2.24) is 15.1 Å². The van der Waals surface area contributed by atoms with Crippen molar-refractivity contribution in [3.63, 3.8) is 0 Å². The van der Waals surface area contributed by atoms with Gasteiger partial charge in [-0.3, -0.25) is 4.90 Å². The monoisotopic (exact) mass is 266 g/mol. The number of piperazine rings is 1. The van der Waals surface area contributed by atoms with Crippen LogP contribution in [0.25, 0.3) is 0 Å². The standard InChI is InChI=1S/C13H19ClN4/c14-12-5-6-13(16-15-12)18-9-7-17(8-10-18)11-3-1-2-4-11/h5-6,11H,1-4,7-10H2. The molecule has 98 valence electrons. The Hall–Kier alpha value is -0.870. The van der Waals surface area contributed by atoms with Crippen LogP contribution in [-0.4, -0.2) is 47.3 Å². The normalized spacial score (nSPS) is 22.6. The van der Waals surface area contributed by atoms with E-state index in [1.54, 1.807) is 0 Å². The lowest BCUT2D eigenvalue weighted by Crippen LogP contribution is -2.50. The van der Waals surface area contributed by atoms with Crippen molar-refractivity contribution in [2.24, 2.45) is 0 Å². The van der Waals surface area contributed by atoms with Gasteiger partial charge in [0.1, 0.15) is 0 Å². The number of anilines is 1. The fourth-order valence-corrected chi connectivity index (χ4v) is 3.16. The first kappa shape index (κ1) is 12.2. The Labute approximate surface area is 113 Å². The summed E-state index contributed by atoms with van der Waals surface area (Å²) < 4.78 is 0. The molecule has 1 saturated carbocycles. The van der Waals surface area contributed by atoms with Crippen LogP contribution >= 0.6 is 11.6 Å². The van der Waals surface area contributed by atoms with E-state index in [1.165, 1.54) is 25.7 Å². The predicted octanol–water partition coefficient (Wildman–Crippen LogP) is 2.19. The minimum absolute atomic E-state index is 0.461. The van der Waals surface area contributed by atoms with Crippen LogP contribution in [0.15, 0.2) is 12.1 Å². The molecule has 2 fully saturated rings. The van der Waals surface area contributed by atoms with E-state index in [2.05, 4.69) is 20.0 Å². The first-order chi connectivity index (χ1) is 8.83. The molecule has 0 radical (unpaired) electrons. The van der Waals surface area contributed by atoms with Crippen LogP contribution in [-0.2, 0) is 0 Å². The number of aromatic nitrogens is 2. The van der Waals surface area contributed by atoms with Crippen LogP contribution in [0.3, 0.4) is 0 Å². The van der Waals surface area contributed by atoms with Crippen LogP contribution < -0.4 is 4.90 Å². The van der Waals surface area contributed by atoms with Crippen molar-refractivity contribution in [3.8, 4) is 0 Å². The van der Waals surface area contributed by atoms with Gasteiger partial charge in [-0.15, -0.1) is 10.2 Å². The highest BCUT2D eigenvalue weighted by molar-refractivity contribution is 6.29. The Balaban J connectivity index is 1.57. The molecule has 18 heavy (non-hydrogen) atoms. The second kappa shape index (κ2) is 5.41. The average molecular weight is 267 g/mol. The van der Waals surface area contributed by atoms with E-state index in [4.69, 9.17) is 11.6 Å². The van der Waals surface area contributed by atoms with Gasteiger partial charge in [-0.2, -0.15) is 0 Å². The van der Waals surface area contributed by atoms with Gasteiger partial charge in [-0.1, -0.05) is 24.4 Å². The Morgan fingerprint density at radius 3 is 2.33 bits per heavy atom. The van der Waals surface area contributed by atoms with Crippen LogP contribution in [0.1, 0.15) is 25.7 Å². The summed E-state index contributed by atoms with van der Waals surface area (Å²) in [6.07, 6.45) is 5.60. The Bertz CT molecular complexity index is 380. The molecule has 1 aliphatic heterocycles. The first-order valence-electron chi connectivity index (χ1n) is 6.81. The summed E-state index contributed by atoms with van der Waals surface area (Å²) in [6, 6.07) is 4.61. The third-order valence-electron chi connectivity index (χ3n) is 4.10. The zero-order valence-corrected chi connectivity index (χ0v) is 11.3. The van der Waals surface area contributed by atoms with Gasteiger partial charge in [-0.25, -0.2) is 0 Å². The highest BCUT2D eigenvalue weighted by atomic mass is 35.5. The van der Waals surface area contributed by atoms with Crippen molar-refractivity contribution >= 4 is 17.4 Å². The van der Waals surface area contributed by atoms with Gasteiger partial charge >= 0.3 is 0 Å². The van der Waals surface area contributed by atoms with E-state index < -0.39 is 0 Å². The summed E-state index contributed by atoms with van der Waals surface area (Å²) in [5, 5.41) is 8.52. The molecule has 2 heterocycles. The Morgan fingerprint density at radius 1 is 1.00 bits per heavy atom. The second-order valence-corrected chi connectivity index (χ2v) is 5.56. The van der Waals surface area contributed by atoms with E-state index >= 15 is 0 Å². The zero-order valence-electron chi connectivity index (χ0n) is 10.6. The average Bonchev–Trinajstić information content (AvgIpc) is 2.94. The lowest BCUT2D eigenvalue weighted by atomic mass is 10.2. The zero-order chi connectivity index (χ0) is 12.4. The van der Waals surface area contributed by atoms with Gasteiger partial charge in [0.05, 0.1) is 0 Å². The smallest absolute Gasteiger partial charge is 0.151 e. The Kier molecular flexibility index (Phi) is 3.66. The van der Waals surface area contributed by atoms with Gasteiger partial charge in [0.2, 0.25) is 0 Å². The molecular weight excluding hydrogens is 248 g/mol. The molecule has 5 heteroatoms. The maximum absolute atomic E-state index is 5.76. The highest BCUT2D eigenvalue weighted by Gasteiger charge is 2.26. The van der Waals surface area contributed by atoms with E-state index in [9.17, 15) is 0 Å². The topological polar surface area (TPSA) is 32.3 Å². The van der Waals surface area contributed by atoms with Crippen LogP contribution in [0, 0.1) is 0 Å². The minimum atomic E-state index is 0.461. The molecule has 0 unspecified atom stereocenters. The van der Waals surface area contributed by atoms with Crippen LogP contribution in [0.5, 0.6) is 0 Å². The quantitative estimate of drug-likeness (QED) is 0.822. The van der Waals surface area contributed by atoms with Crippen LogP contribution in [0.4, 0.5) is 5.82 Å². The fourth-order valence-electron chi connectivity index (χ4n) is 3.06. The van der Waals surface area contributed by atoms with Gasteiger partial charge in [0.25, 0.3) is 0 Å².